The molecule has 0 spiro atoms. The Morgan fingerprint density at radius 3 is 2.81 bits per heavy atom. The second kappa shape index (κ2) is 8.38. The van der Waals surface area contributed by atoms with E-state index in [0.29, 0.717) is 42.6 Å². The van der Waals surface area contributed by atoms with Gasteiger partial charge >= 0.3 is 0 Å². The van der Waals surface area contributed by atoms with E-state index in [9.17, 15) is 9.18 Å². The van der Waals surface area contributed by atoms with E-state index in [2.05, 4.69) is 18.7 Å². The first-order chi connectivity index (χ1) is 12.5. The third-order valence-corrected chi connectivity index (χ3v) is 5.49. The van der Waals surface area contributed by atoms with E-state index in [1.54, 1.807) is 7.11 Å². The number of alkyl halides is 1. The predicted molar refractivity (Wildman–Crippen MR) is 99.7 cm³/mol. The van der Waals surface area contributed by atoms with Crippen molar-refractivity contribution >= 4 is 5.78 Å². The standard InChI is InChI=1S/C21H30FNO3/c1-14(2)9-16-13-23-7-5-15-10-21(26-8-4-6-22)20(25-3)11-17(15)18(23)12-19(16)24/h10-11,14,16,18H,4-9,12-13H2,1-3H3. The van der Waals surface area contributed by atoms with E-state index in [-0.39, 0.29) is 18.6 Å². The van der Waals surface area contributed by atoms with Gasteiger partial charge in [-0.3, -0.25) is 14.1 Å². The average molecular weight is 363 g/mol. The third kappa shape index (κ3) is 4.03. The summed E-state index contributed by atoms with van der Waals surface area (Å²) in [6.45, 7) is 6.15. The molecule has 2 aliphatic heterocycles. The first kappa shape index (κ1) is 19.2. The summed E-state index contributed by atoms with van der Waals surface area (Å²) in [5.74, 6) is 2.43. The lowest BCUT2D eigenvalue weighted by Gasteiger charge is -2.43. The molecule has 2 heterocycles. The highest BCUT2D eigenvalue weighted by molar-refractivity contribution is 5.83. The van der Waals surface area contributed by atoms with Gasteiger partial charge in [0.1, 0.15) is 5.78 Å². The van der Waals surface area contributed by atoms with E-state index >= 15 is 0 Å². The Morgan fingerprint density at radius 2 is 2.12 bits per heavy atom. The molecule has 0 radical (unpaired) electrons. The Morgan fingerprint density at radius 1 is 1.31 bits per heavy atom. The number of benzene rings is 1. The topological polar surface area (TPSA) is 38.8 Å². The van der Waals surface area contributed by atoms with Crippen LogP contribution in [0.2, 0.25) is 0 Å². The molecule has 4 nitrogen and oxygen atoms in total. The monoisotopic (exact) mass is 363 g/mol. The number of carbonyl (C=O) groups excluding carboxylic acids is 1. The van der Waals surface area contributed by atoms with Gasteiger partial charge in [-0.05, 0) is 42.0 Å². The van der Waals surface area contributed by atoms with Gasteiger partial charge in [0, 0.05) is 37.9 Å². The highest BCUT2D eigenvalue weighted by atomic mass is 19.1. The lowest BCUT2D eigenvalue weighted by molar-refractivity contribution is -0.129. The average Bonchev–Trinajstić information content (AvgIpc) is 2.61. The van der Waals surface area contributed by atoms with Gasteiger partial charge in [-0.25, -0.2) is 0 Å². The quantitative estimate of drug-likeness (QED) is 0.687. The summed E-state index contributed by atoms with van der Waals surface area (Å²) < 4.78 is 23.5. The number of hydrogen-bond donors (Lipinski definition) is 0. The van der Waals surface area contributed by atoms with E-state index in [0.717, 1.165) is 25.9 Å². The number of fused-ring (bicyclic) bond motifs is 3. The second-order valence-electron chi connectivity index (χ2n) is 7.85. The molecule has 0 N–H and O–H groups in total. The zero-order chi connectivity index (χ0) is 18.7. The molecule has 0 aromatic heterocycles. The van der Waals surface area contributed by atoms with Crippen LogP contribution in [0.15, 0.2) is 12.1 Å². The molecule has 1 aromatic rings. The van der Waals surface area contributed by atoms with Crippen LogP contribution in [0.3, 0.4) is 0 Å². The van der Waals surface area contributed by atoms with Crippen LogP contribution in [0.1, 0.15) is 50.3 Å². The van der Waals surface area contributed by atoms with Crippen LogP contribution in [-0.4, -0.2) is 44.2 Å². The number of methoxy groups -OCH3 is 1. The third-order valence-electron chi connectivity index (χ3n) is 5.49. The minimum atomic E-state index is -0.385. The van der Waals surface area contributed by atoms with Crippen molar-refractivity contribution in [3.63, 3.8) is 0 Å². The molecule has 1 aromatic carbocycles. The smallest absolute Gasteiger partial charge is 0.161 e. The Balaban J connectivity index is 1.81. The van der Waals surface area contributed by atoms with Crippen molar-refractivity contribution in [3.8, 4) is 11.5 Å². The molecule has 5 heteroatoms. The highest BCUT2D eigenvalue weighted by Crippen LogP contribution is 2.42. The van der Waals surface area contributed by atoms with Crippen molar-refractivity contribution in [2.45, 2.75) is 45.6 Å². The van der Waals surface area contributed by atoms with Gasteiger partial charge in [-0.15, -0.1) is 0 Å². The van der Waals surface area contributed by atoms with Gasteiger partial charge in [-0.1, -0.05) is 13.8 Å². The maximum absolute atomic E-state index is 12.7. The molecule has 0 bridgehead atoms. The van der Waals surface area contributed by atoms with Gasteiger partial charge in [0.2, 0.25) is 0 Å². The van der Waals surface area contributed by atoms with Gasteiger partial charge in [0.05, 0.1) is 20.4 Å². The number of hydrogen-bond acceptors (Lipinski definition) is 4. The van der Waals surface area contributed by atoms with Gasteiger partial charge in [0.25, 0.3) is 0 Å². The number of ether oxygens (including phenoxy) is 2. The number of Topliss-reactive ketones (excluding diaryl/α,β-unsaturated/α-hetero) is 1. The lowest BCUT2D eigenvalue weighted by atomic mass is 9.80. The highest BCUT2D eigenvalue weighted by Gasteiger charge is 2.38. The largest absolute Gasteiger partial charge is 0.493 e. The Bertz CT molecular complexity index is 646. The van der Waals surface area contributed by atoms with E-state index in [4.69, 9.17) is 9.47 Å². The summed E-state index contributed by atoms with van der Waals surface area (Å²) in [6.07, 6.45) is 2.87. The van der Waals surface area contributed by atoms with Gasteiger partial charge < -0.3 is 9.47 Å². The molecule has 2 atom stereocenters. The van der Waals surface area contributed by atoms with E-state index < -0.39 is 0 Å². The second-order valence-corrected chi connectivity index (χ2v) is 7.85. The summed E-state index contributed by atoms with van der Waals surface area (Å²) in [5, 5.41) is 0. The van der Waals surface area contributed by atoms with Gasteiger partial charge in [0.15, 0.2) is 11.5 Å². The van der Waals surface area contributed by atoms with Crippen molar-refractivity contribution in [3.05, 3.63) is 23.3 Å². The molecular formula is C21H30FNO3. The molecule has 1 saturated heterocycles. The van der Waals surface area contributed by atoms with E-state index in [1.165, 1.54) is 11.1 Å². The van der Waals surface area contributed by atoms with Crippen LogP contribution in [0.25, 0.3) is 0 Å². The summed E-state index contributed by atoms with van der Waals surface area (Å²) in [5.41, 5.74) is 2.40. The Hall–Kier alpha value is -1.62. The van der Waals surface area contributed by atoms with Crippen molar-refractivity contribution in [2.75, 3.05) is 33.5 Å². The SMILES string of the molecule is COc1cc2c(cc1OCCCF)CCN1CC(CC(C)C)C(=O)CC21. The molecule has 0 aliphatic carbocycles. The first-order valence-electron chi connectivity index (χ1n) is 9.69. The number of nitrogens with zero attached hydrogens (tertiary/aromatic N) is 1. The fourth-order valence-corrected chi connectivity index (χ4v) is 4.24. The molecular weight excluding hydrogens is 333 g/mol. The van der Waals surface area contributed by atoms with Crippen LogP contribution < -0.4 is 9.47 Å². The minimum Gasteiger partial charge on any atom is -0.493 e. The molecule has 2 unspecified atom stereocenters. The number of ketones is 1. The minimum absolute atomic E-state index is 0.142. The van der Waals surface area contributed by atoms with E-state index in [1.807, 2.05) is 12.1 Å². The number of halogens is 1. The maximum Gasteiger partial charge on any atom is 0.161 e. The molecule has 3 rings (SSSR count). The zero-order valence-corrected chi connectivity index (χ0v) is 16.1. The molecule has 0 amide bonds. The van der Waals surface area contributed by atoms with Crippen LogP contribution in [0.5, 0.6) is 11.5 Å². The predicted octanol–water partition coefficient (Wildman–Crippen LogP) is 3.97. The number of rotatable bonds is 7. The van der Waals surface area contributed by atoms with Crippen LogP contribution in [0, 0.1) is 11.8 Å². The van der Waals surface area contributed by atoms with Crippen LogP contribution in [0.4, 0.5) is 4.39 Å². The van der Waals surface area contributed by atoms with Crippen LogP contribution in [-0.2, 0) is 11.2 Å². The zero-order valence-electron chi connectivity index (χ0n) is 16.1. The summed E-state index contributed by atoms with van der Waals surface area (Å²) in [4.78, 5) is 15.1. The molecule has 144 valence electrons. The molecule has 1 fully saturated rings. The fourth-order valence-electron chi connectivity index (χ4n) is 4.24. The maximum atomic E-state index is 12.7. The lowest BCUT2D eigenvalue weighted by Crippen LogP contribution is -2.46. The summed E-state index contributed by atoms with van der Waals surface area (Å²) in [7, 11) is 1.62. The van der Waals surface area contributed by atoms with Crippen molar-refractivity contribution in [1.29, 1.82) is 0 Å². The van der Waals surface area contributed by atoms with Gasteiger partial charge in [-0.2, -0.15) is 0 Å². The molecule has 26 heavy (non-hydrogen) atoms. The number of piperidine rings is 1. The Kier molecular flexibility index (Phi) is 6.17. The molecule has 0 saturated carbocycles. The van der Waals surface area contributed by atoms with Crippen molar-refractivity contribution < 1.29 is 18.7 Å². The van der Waals surface area contributed by atoms with Crippen molar-refractivity contribution in [1.82, 2.24) is 4.90 Å². The van der Waals surface area contributed by atoms with Crippen molar-refractivity contribution in [2.24, 2.45) is 11.8 Å². The normalized spacial score (nSPS) is 22.9. The first-order valence-corrected chi connectivity index (χ1v) is 9.69. The van der Waals surface area contributed by atoms with Crippen LogP contribution >= 0.6 is 0 Å². The summed E-state index contributed by atoms with van der Waals surface area (Å²) >= 11 is 0. The summed E-state index contributed by atoms with van der Waals surface area (Å²) in [6, 6.07) is 4.19. The number of carbonyl (C=O) groups is 1. The molecule has 2 aliphatic rings. The fraction of sp³-hybridized carbons (Fsp3) is 0.667. The Labute approximate surface area is 155 Å².